The maximum absolute atomic E-state index is 13.5. The quantitative estimate of drug-likeness (QED) is 0.111. The Morgan fingerprint density at radius 1 is 0.909 bits per heavy atom. The van der Waals surface area contributed by atoms with Crippen LogP contribution < -0.4 is 21.3 Å². The third-order valence-corrected chi connectivity index (χ3v) is 7.69. The fourth-order valence-electron chi connectivity index (χ4n) is 5.21. The molecule has 44 heavy (non-hydrogen) atoms. The summed E-state index contributed by atoms with van der Waals surface area (Å²) in [6.07, 6.45) is 3.39. The molecule has 0 heterocycles. The Kier molecular flexibility index (Phi) is 17.3. The van der Waals surface area contributed by atoms with E-state index in [0.717, 1.165) is 44.9 Å². The number of aliphatic carboxylic acids is 1. The molecule has 1 rings (SSSR count). The summed E-state index contributed by atoms with van der Waals surface area (Å²) in [5.41, 5.74) is -0.873. The minimum atomic E-state index is -1.47. The van der Waals surface area contributed by atoms with Crippen molar-refractivity contribution in [3.63, 3.8) is 0 Å². The van der Waals surface area contributed by atoms with Crippen molar-refractivity contribution in [2.75, 3.05) is 6.54 Å². The minimum Gasteiger partial charge on any atom is -0.481 e. The number of rotatable bonds is 18. The average molecular weight is 629 g/mol. The van der Waals surface area contributed by atoms with Gasteiger partial charge < -0.3 is 41.3 Å². The number of aliphatic hydroxyl groups is 2. The Balaban J connectivity index is 3.07. The third kappa shape index (κ3) is 15.7. The molecule has 13 heteroatoms. The second-order valence-electron chi connectivity index (χ2n) is 13.1. The number of ether oxygens (including phenoxy) is 1. The summed E-state index contributed by atoms with van der Waals surface area (Å²) < 4.78 is 5.19. The Morgan fingerprint density at radius 2 is 1.55 bits per heavy atom. The lowest BCUT2D eigenvalue weighted by atomic mass is 9.82. The maximum Gasteiger partial charge on any atom is 0.408 e. The lowest BCUT2D eigenvalue weighted by Crippen LogP contribution is -2.59. The normalized spacial score (nSPS) is 18.1. The molecule has 4 amide bonds. The molecule has 1 saturated carbocycles. The van der Waals surface area contributed by atoms with Crippen molar-refractivity contribution >= 4 is 29.8 Å². The van der Waals surface area contributed by atoms with Crippen LogP contribution in [-0.2, 0) is 23.9 Å². The lowest BCUT2D eigenvalue weighted by molar-refractivity contribution is -0.138. The summed E-state index contributed by atoms with van der Waals surface area (Å²) in [6, 6.07) is -3.56. The Hall–Kier alpha value is -2.93. The molecule has 0 unspecified atom stereocenters. The third-order valence-electron chi connectivity index (χ3n) is 7.69. The van der Waals surface area contributed by atoms with E-state index in [2.05, 4.69) is 21.3 Å². The van der Waals surface area contributed by atoms with E-state index in [-0.39, 0.29) is 24.7 Å². The summed E-state index contributed by atoms with van der Waals surface area (Å²) in [5, 5.41) is 41.3. The van der Waals surface area contributed by atoms with Crippen molar-refractivity contribution in [2.45, 2.75) is 148 Å². The van der Waals surface area contributed by atoms with E-state index in [9.17, 15) is 34.2 Å². The van der Waals surface area contributed by atoms with E-state index in [1.807, 2.05) is 6.92 Å². The molecule has 0 aliphatic heterocycles. The van der Waals surface area contributed by atoms with Gasteiger partial charge in [0.1, 0.15) is 17.7 Å². The second-order valence-corrected chi connectivity index (χ2v) is 13.1. The molecule has 0 aromatic carbocycles. The van der Waals surface area contributed by atoms with Gasteiger partial charge in [0.15, 0.2) is 0 Å². The molecule has 0 bridgehead atoms. The van der Waals surface area contributed by atoms with Gasteiger partial charge in [-0.25, -0.2) is 4.79 Å². The van der Waals surface area contributed by atoms with Crippen molar-refractivity contribution in [3.05, 3.63) is 0 Å². The van der Waals surface area contributed by atoms with E-state index >= 15 is 0 Å². The average Bonchev–Trinajstić information content (AvgIpc) is 2.92. The van der Waals surface area contributed by atoms with Gasteiger partial charge in [-0.05, 0) is 59.3 Å². The molecule has 0 aromatic rings. The molecule has 0 spiro atoms. The molecule has 0 radical (unpaired) electrons. The van der Waals surface area contributed by atoms with Crippen LogP contribution in [-0.4, -0.2) is 87.6 Å². The van der Waals surface area contributed by atoms with Gasteiger partial charge >= 0.3 is 12.1 Å². The van der Waals surface area contributed by atoms with Crippen LogP contribution in [0.2, 0.25) is 0 Å². The number of unbranched alkanes of at least 4 members (excludes halogenated alkanes) is 1. The van der Waals surface area contributed by atoms with Gasteiger partial charge in [0, 0.05) is 18.9 Å². The molecule has 0 aromatic heterocycles. The predicted molar refractivity (Wildman–Crippen MR) is 164 cm³/mol. The molecule has 1 aliphatic carbocycles. The van der Waals surface area contributed by atoms with Gasteiger partial charge in [0.2, 0.25) is 17.7 Å². The number of carboxylic acid groups (broad SMARTS) is 1. The first-order chi connectivity index (χ1) is 20.5. The molecule has 254 valence electrons. The molecule has 1 fully saturated rings. The number of hydrogen-bond acceptors (Lipinski definition) is 8. The SMILES string of the molecule is CCCCNC(=O)[C@H](C)C[C@H](O)[C@H](CC1CCCCC1)NC(=O)[C@@H](NC(=O)[C@H](CCC(=O)O)NC(=O)OC(C)(C)C)[C@@H](C)O. The van der Waals surface area contributed by atoms with E-state index < -0.39 is 72.2 Å². The number of nitrogens with one attached hydrogen (secondary N) is 4. The number of amides is 4. The summed E-state index contributed by atoms with van der Waals surface area (Å²) in [4.78, 5) is 62.8. The molecule has 6 atom stereocenters. The number of alkyl carbamates (subject to hydrolysis) is 1. The van der Waals surface area contributed by atoms with Crippen LogP contribution in [0, 0.1) is 11.8 Å². The van der Waals surface area contributed by atoms with E-state index in [1.54, 1.807) is 27.7 Å². The van der Waals surface area contributed by atoms with Gasteiger partial charge in [-0.3, -0.25) is 19.2 Å². The number of carbonyl (C=O) groups is 5. The second kappa shape index (κ2) is 19.5. The predicted octanol–water partition coefficient (Wildman–Crippen LogP) is 2.37. The Morgan fingerprint density at radius 3 is 2.09 bits per heavy atom. The molecule has 7 N–H and O–H groups in total. The molecular weight excluding hydrogens is 572 g/mol. The number of carboxylic acids is 1. The first-order valence-electron chi connectivity index (χ1n) is 16.0. The van der Waals surface area contributed by atoms with Crippen molar-refractivity contribution in [1.29, 1.82) is 0 Å². The molecule has 13 nitrogen and oxygen atoms in total. The standard InChI is InChI=1S/C31H56N4O9/c1-7-8-16-32-27(40)19(2)17-24(37)23(18-21-12-10-9-11-13-21)33-29(42)26(20(3)36)35-28(41)22(14-15-25(38)39)34-30(43)44-31(4,5)6/h19-24,26,36-37H,7-18H2,1-6H3,(H,32,40)(H,33,42)(H,34,43)(H,35,41)(H,38,39)/t19-,20-,22+,23+,24+,26+/m1/s1. The fraction of sp³-hybridized carbons (Fsp3) is 0.839. The van der Waals surface area contributed by atoms with Crippen LogP contribution in [0.4, 0.5) is 4.79 Å². The van der Waals surface area contributed by atoms with E-state index in [1.165, 1.54) is 6.92 Å². The van der Waals surface area contributed by atoms with Crippen LogP contribution in [0.15, 0.2) is 0 Å². The summed E-state index contributed by atoms with van der Waals surface area (Å²) in [6.45, 7) is 10.5. The Labute approximate surface area is 261 Å². The zero-order valence-corrected chi connectivity index (χ0v) is 27.3. The molecule has 1 aliphatic rings. The smallest absolute Gasteiger partial charge is 0.408 e. The highest BCUT2D eigenvalue weighted by molar-refractivity contribution is 5.92. The van der Waals surface area contributed by atoms with Gasteiger partial charge in [-0.1, -0.05) is 52.4 Å². The van der Waals surface area contributed by atoms with Crippen molar-refractivity contribution < 1.29 is 44.0 Å². The maximum atomic E-state index is 13.5. The van der Waals surface area contributed by atoms with Gasteiger partial charge in [0.25, 0.3) is 0 Å². The summed E-state index contributed by atoms with van der Waals surface area (Å²) >= 11 is 0. The van der Waals surface area contributed by atoms with Crippen molar-refractivity contribution in [3.8, 4) is 0 Å². The van der Waals surface area contributed by atoms with Crippen LogP contribution >= 0.6 is 0 Å². The minimum absolute atomic E-state index is 0.110. The lowest BCUT2D eigenvalue weighted by Gasteiger charge is -2.33. The largest absolute Gasteiger partial charge is 0.481 e. The van der Waals surface area contributed by atoms with Crippen molar-refractivity contribution in [1.82, 2.24) is 21.3 Å². The van der Waals surface area contributed by atoms with Gasteiger partial charge in [-0.2, -0.15) is 0 Å². The molecule has 0 saturated heterocycles. The van der Waals surface area contributed by atoms with Crippen LogP contribution in [0.3, 0.4) is 0 Å². The van der Waals surface area contributed by atoms with Gasteiger partial charge in [0.05, 0.1) is 18.2 Å². The van der Waals surface area contributed by atoms with Crippen LogP contribution in [0.5, 0.6) is 0 Å². The highest BCUT2D eigenvalue weighted by atomic mass is 16.6. The fourth-order valence-corrected chi connectivity index (χ4v) is 5.21. The number of carbonyl (C=O) groups excluding carboxylic acids is 4. The van der Waals surface area contributed by atoms with Crippen molar-refractivity contribution in [2.24, 2.45) is 11.8 Å². The topological polar surface area (TPSA) is 203 Å². The van der Waals surface area contributed by atoms with E-state index in [0.29, 0.717) is 13.0 Å². The van der Waals surface area contributed by atoms with Crippen LogP contribution in [0.25, 0.3) is 0 Å². The monoisotopic (exact) mass is 628 g/mol. The number of aliphatic hydroxyl groups excluding tert-OH is 2. The number of hydrogen-bond donors (Lipinski definition) is 7. The molecular formula is C31H56N4O9. The zero-order chi connectivity index (χ0) is 33.4. The highest BCUT2D eigenvalue weighted by Gasteiger charge is 2.35. The summed E-state index contributed by atoms with van der Waals surface area (Å²) in [5.74, 6) is -3.24. The Bertz CT molecular complexity index is 932. The first-order valence-corrected chi connectivity index (χ1v) is 16.0. The highest BCUT2D eigenvalue weighted by Crippen LogP contribution is 2.29. The van der Waals surface area contributed by atoms with Gasteiger partial charge in [-0.15, -0.1) is 0 Å². The first kappa shape index (κ1) is 39.1. The summed E-state index contributed by atoms with van der Waals surface area (Å²) in [7, 11) is 0. The van der Waals surface area contributed by atoms with Crippen LogP contribution in [0.1, 0.15) is 112 Å². The van der Waals surface area contributed by atoms with E-state index in [4.69, 9.17) is 9.84 Å². The zero-order valence-electron chi connectivity index (χ0n) is 27.3.